The van der Waals surface area contributed by atoms with Gasteiger partial charge in [-0.3, -0.25) is 0 Å². The van der Waals surface area contributed by atoms with Crippen LogP contribution in [0.1, 0.15) is 118 Å². The third kappa shape index (κ3) is 6.67. The molecule has 45 heavy (non-hydrogen) atoms. The van der Waals surface area contributed by atoms with Gasteiger partial charge in [-0.1, -0.05) is 64.6 Å². The molecule has 0 radical (unpaired) electrons. The van der Waals surface area contributed by atoms with Crippen molar-refractivity contribution in [2.45, 2.75) is 133 Å². The zero-order valence-corrected chi connectivity index (χ0v) is 28.7. The highest BCUT2D eigenvalue weighted by molar-refractivity contribution is 7.67. The second kappa shape index (κ2) is 14.5. The number of ether oxygens (including phenoxy) is 3. The van der Waals surface area contributed by atoms with Gasteiger partial charge in [-0.25, -0.2) is 0 Å². The molecule has 0 saturated heterocycles. The van der Waals surface area contributed by atoms with Crippen LogP contribution in [0.25, 0.3) is 11.1 Å². The molecule has 0 aromatic heterocycles. The third-order valence-corrected chi connectivity index (χ3v) is 14.8. The van der Waals surface area contributed by atoms with Gasteiger partial charge in [0.15, 0.2) is 0 Å². The van der Waals surface area contributed by atoms with Crippen LogP contribution >= 0.6 is 7.92 Å². The molecule has 0 aliphatic heterocycles. The lowest BCUT2D eigenvalue weighted by Crippen LogP contribution is -2.28. The van der Waals surface area contributed by atoms with E-state index in [0.717, 1.165) is 34.1 Å². The molecule has 3 aromatic rings. The number of hydrogen-bond donors (Lipinski definition) is 0. The van der Waals surface area contributed by atoms with E-state index >= 15 is 0 Å². The normalized spacial score (nSPS) is 19.2. The molecule has 3 nitrogen and oxygen atoms in total. The van der Waals surface area contributed by atoms with Gasteiger partial charge in [-0.2, -0.15) is 0 Å². The number of benzene rings is 3. The molecule has 0 N–H and O–H groups in total. The van der Waals surface area contributed by atoms with E-state index in [1.165, 1.54) is 121 Å². The molecule has 4 heteroatoms. The van der Waals surface area contributed by atoms with Gasteiger partial charge >= 0.3 is 0 Å². The molecule has 0 spiro atoms. The monoisotopic (exact) mass is 624 g/mol. The molecule has 3 aromatic carbocycles. The molecular weight excluding hydrogens is 571 g/mol. The summed E-state index contributed by atoms with van der Waals surface area (Å²) >= 11 is 0. The van der Waals surface area contributed by atoms with Crippen LogP contribution in [0.3, 0.4) is 0 Å². The zero-order valence-electron chi connectivity index (χ0n) is 27.8. The Hall–Kier alpha value is -2.51. The van der Waals surface area contributed by atoms with Gasteiger partial charge in [0.05, 0.1) is 14.2 Å². The van der Waals surface area contributed by atoms with Gasteiger partial charge < -0.3 is 14.2 Å². The summed E-state index contributed by atoms with van der Waals surface area (Å²) in [6, 6.07) is 16.1. The van der Waals surface area contributed by atoms with Crippen molar-refractivity contribution in [3.8, 4) is 28.4 Å². The van der Waals surface area contributed by atoms with Gasteiger partial charge in [0.2, 0.25) is 0 Å². The first-order valence-corrected chi connectivity index (χ1v) is 19.6. The fourth-order valence-electron chi connectivity index (χ4n) is 9.03. The van der Waals surface area contributed by atoms with E-state index in [4.69, 9.17) is 14.2 Å². The molecule has 0 bridgehead atoms. The molecule has 2 fully saturated rings. The summed E-state index contributed by atoms with van der Waals surface area (Å²) in [5, 5.41) is 1.75. The molecule has 0 amide bonds. The fourth-order valence-corrected chi connectivity index (χ4v) is 13.0. The first kappa shape index (κ1) is 31.1. The van der Waals surface area contributed by atoms with Crippen LogP contribution in [0.5, 0.6) is 17.2 Å². The molecule has 240 valence electrons. The maximum absolute atomic E-state index is 6.96. The third-order valence-electron chi connectivity index (χ3n) is 11.3. The Morgan fingerprint density at radius 1 is 0.578 bits per heavy atom. The first-order valence-electron chi connectivity index (χ1n) is 18.2. The SMILES string of the molecule is COc1cc(COc2ccc3c(c2-c2c(P(C4CCCCC4)C4CCCCC4)ccc4c2CCCC4)CCCC3)cc(OC)c1. The molecule has 7 rings (SSSR count). The van der Waals surface area contributed by atoms with Crippen molar-refractivity contribution in [3.63, 3.8) is 0 Å². The quantitative estimate of drug-likeness (QED) is 0.222. The maximum Gasteiger partial charge on any atom is 0.127 e. The molecule has 0 heterocycles. The average molecular weight is 625 g/mol. The van der Waals surface area contributed by atoms with Crippen LogP contribution in [0.4, 0.5) is 0 Å². The smallest absolute Gasteiger partial charge is 0.127 e. The van der Waals surface area contributed by atoms with Crippen molar-refractivity contribution in [1.29, 1.82) is 0 Å². The van der Waals surface area contributed by atoms with Crippen LogP contribution in [0.15, 0.2) is 42.5 Å². The van der Waals surface area contributed by atoms with Crippen LogP contribution in [0, 0.1) is 0 Å². The van der Waals surface area contributed by atoms with Gasteiger partial charge in [-0.05, 0) is 145 Å². The largest absolute Gasteiger partial charge is 0.497 e. The summed E-state index contributed by atoms with van der Waals surface area (Å²) in [6.45, 7) is 0.504. The zero-order chi connectivity index (χ0) is 30.6. The van der Waals surface area contributed by atoms with Gasteiger partial charge in [0.25, 0.3) is 0 Å². The Balaban J connectivity index is 1.39. The Morgan fingerprint density at radius 3 is 1.69 bits per heavy atom. The standard InChI is InChI=1S/C41H53O3P/c1-42-32-25-29(26-33(27-32)43-2)28-44-38-23-21-30-13-9-11-19-36(30)40(38)41-37-20-12-10-14-31(37)22-24-39(41)45(34-15-5-3-6-16-34)35-17-7-4-8-18-35/h21-27,34-35H,3-20,28H2,1-2H3. The minimum Gasteiger partial charge on any atom is -0.497 e. The Kier molecular flexibility index (Phi) is 10.0. The van der Waals surface area contributed by atoms with Crippen LogP contribution in [-0.2, 0) is 32.3 Å². The second-order valence-electron chi connectivity index (χ2n) is 14.1. The summed E-state index contributed by atoms with van der Waals surface area (Å²) in [4.78, 5) is 0. The summed E-state index contributed by atoms with van der Waals surface area (Å²) in [5.74, 6) is 2.70. The van der Waals surface area contributed by atoms with E-state index in [-0.39, 0.29) is 7.92 Å². The van der Waals surface area contributed by atoms with Crippen molar-refractivity contribution in [2.24, 2.45) is 0 Å². The molecule has 0 unspecified atom stereocenters. The van der Waals surface area contributed by atoms with E-state index in [2.05, 4.69) is 36.4 Å². The lowest BCUT2D eigenvalue weighted by atomic mass is 9.80. The highest BCUT2D eigenvalue weighted by atomic mass is 31.1. The Morgan fingerprint density at radius 2 is 1.11 bits per heavy atom. The van der Waals surface area contributed by atoms with E-state index in [9.17, 15) is 0 Å². The Labute approximate surface area is 273 Å². The van der Waals surface area contributed by atoms with E-state index in [1.54, 1.807) is 47.3 Å². The van der Waals surface area contributed by atoms with Gasteiger partial charge in [-0.15, -0.1) is 0 Å². The number of hydrogen-bond acceptors (Lipinski definition) is 3. The molecule has 4 aliphatic rings. The molecule has 4 aliphatic carbocycles. The Bertz CT molecular complexity index is 1430. The number of methoxy groups -OCH3 is 2. The maximum atomic E-state index is 6.96. The molecule has 0 atom stereocenters. The van der Waals surface area contributed by atoms with Crippen LogP contribution in [0.2, 0.25) is 0 Å². The summed E-state index contributed by atoms with van der Waals surface area (Å²) in [7, 11) is 3.21. The van der Waals surface area contributed by atoms with E-state index < -0.39 is 0 Å². The average Bonchev–Trinajstić information content (AvgIpc) is 3.11. The van der Waals surface area contributed by atoms with E-state index in [0.29, 0.717) is 6.61 Å². The second-order valence-corrected chi connectivity index (χ2v) is 16.8. The van der Waals surface area contributed by atoms with Crippen molar-refractivity contribution in [2.75, 3.05) is 14.2 Å². The molecule has 2 saturated carbocycles. The number of rotatable bonds is 9. The summed E-state index contributed by atoms with van der Waals surface area (Å²) in [6.07, 6.45) is 24.3. The number of aryl methyl sites for hydroxylation is 2. The fraction of sp³-hybridized carbons (Fsp3) is 0.561. The van der Waals surface area contributed by atoms with Crippen molar-refractivity contribution in [3.05, 3.63) is 70.3 Å². The van der Waals surface area contributed by atoms with Crippen molar-refractivity contribution >= 4 is 13.2 Å². The lowest BCUT2D eigenvalue weighted by Gasteiger charge is -2.41. The predicted octanol–water partition coefficient (Wildman–Crippen LogP) is 10.5. The van der Waals surface area contributed by atoms with Crippen LogP contribution < -0.4 is 19.5 Å². The van der Waals surface area contributed by atoms with Crippen molar-refractivity contribution < 1.29 is 14.2 Å². The minimum atomic E-state index is -0.232. The lowest BCUT2D eigenvalue weighted by molar-refractivity contribution is 0.304. The predicted molar refractivity (Wildman–Crippen MR) is 189 cm³/mol. The highest BCUT2D eigenvalue weighted by Gasteiger charge is 2.36. The van der Waals surface area contributed by atoms with Gasteiger partial charge in [0, 0.05) is 11.6 Å². The summed E-state index contributed by atoms with van der Waals surface area (Å²) in [5.41, 5.74) is 12.4. The van der Waals surface area contributed by atoms with Crippen molar-refractivity contribution in [1.82, 2.24) is 0 Å². The van der Waals surface area contributed by atoms with Crippen LogP contribution in [-0.4, -0.2) is 25.5 Å². The van der Waals surface area contributed by atoms with E-state index in [1.807, 2.05) is 6.07 Å². The topological polar surface area (TPSA) is 27.7 Å². The van der Waals surface area contributed by atoms with Gasteiger partial charge in [0.1, 0.15) is 23.9 Å². The first-order chi connectivity index (χ1) is 22.2. The minimum absolute atomic E-state index is 0.232. The molecular formula is C41H53O3P. The number of fused-ring (bicyclic) bond motifs is 2. The summed E-state index contributed by atoms with van der Waals surface area (Å²) < 4.78 is 18.2. The highest BCUT2D eigenvalue weighted by Crippen LogP contribution is 2.58.